The first kappa shape index (κ1) is 15.8. The van der Waals surface area contributed by atoms with Gasteiger partial charge in [-0.25, -0.2) is 0 Å². The molecule has 0 saturated carbocycles. The molecule has 0 spiro atoms. The molecule has 9 heteroatoms. The topological polar surface area (TPSA) is 90.6 Å². The highest BCUT2D eigenvalue weighted by Crippen LogP contribution is 2.32. The lowest BCUT2D eigenvalue weighted by Crippen LogP contribution is -2.22. The number of carbonyl (C=O) groups excluding carboxylic acids is 1. The Morgan fingerprint density at radius 3 is 2.85 bits per heavy atom. The minimum Gasteiger partial charge on any atom is -0.454 e. The summed E-state index contributed by atoms with van der Waals surface area (Å²) in [7, 11) is 0. The van der Waals surface area contributed by atoms with E-state index in [1.165, 1.54) is 11.3 Å². The minimum atomic E-state index is -0.161. The monoisotopic (exact) mass is 379 g/mol. The summed E-state index contributed by atoms with van der Waals surface area (Å²) in [5, 5.41) is 16.0. The van der Waals surface area contributed by atoms with Gasteiger partial charge in [-0.15, -0.1) is 10.2 Å². The predicted molar refractivity (Wildman–Crippen MR) is 97.8 cm³/mol. The molecule has 3 heterocycles. The van der Waals surface area contributed by atoms with E-state index in [1.54, 1.807) is 29.0 Å². The maximum Gasteiger partial charge on any atom is 0.251 e. The molecule has 0 atom stereocenters. The molecule has 0 unspecified atom stereocenters. The molecule has 1 N–H and O–H groups in total. The molecular weight excluding hydrogens is 366 g/mol. The molecule has 27 heavy (non-hydrogen) atoms. The van der Waals surface area contributed by atoms with Gasteiger partial charge in [-0.05, 0) is 23.8 Å². The Morgan fingerprint density at radius 1 is 1.15 bits per heavy atom. The zero-order chi connectivity index (χ0) is 18.2. The molecule has 0 fully saturated rings. The lowest BCUT2D eigenvalue weighted by molar-refractivity contribution is 0.0950. The zero-order valence-electron chi connectivity index (χ0n) is 14.0. The molecule has 1 aliphatic heterocycles. The van der Waals surface area contributed by atoms with E-state index in [1.807, 2.05) is 24.3 Å². The number of nitrogens with one attached hydrogen (secondary N) is 1. The van der Waals surface area contributed by atoms with Crippen LogP contribution in [0.5, 0.6) is 11.5 Å². The van der Waals surface area contributed by atoms with Gasteiger partial charge in [0.05, 0.1) is 0 Å². The normalized spacial score (nSPS) is 12.4. The molecule has 5 rings (SSSR count). The van der Waals surface area contributed by atoms with Crippen LogP contribution in [-0.4, -0.2) is 32.5 Å². The largest absolute Gasteiger partial charge is 0.454 e. The highest BCUT2D eigenvalue weighted by Gasteiger charge is 2.16. The van der Waals surface area contributed by atoms with Crippen molar-refractivity contribution in [3.63, 3.8) is 0 Å². The van der Waals surface area contributed by atoms with Crippen molar-refractivity contribution >= 4 is 22.2 Å². The Balaban J connectivity index is 1.26. The number of carbonyl (C=O) groups is 1. The Hall–Kier alpha value is -3.46. The Bertz CT molecular complexity index is 1110. The van der Waals surface area contributed by atoms with Crippen LogP contribution in [0.3, 0.4) is 0 Å². The molecule has 1 aliphatic rings. The van der Waals surface area contributed by atoms with E-state index in [0.29, 0.717) is 23.6 Å². The maximum absolute atomic E-state index is 12.3. The zero-order valence-corrected chi connectivity index (χ0v) is 14.8. The third-order valence-corrected chi connectivity index (χ3v) is 5.14. The Kier molecular flexibility index (Phi) is 3.72. The van der Waals surface area contributed by atoms with Crippen LogP contribution >= 0.6 is 11.3 Å². The molecule has 0 aliphatic carbocycles. The number of aromatic nitrogens is 4. The molecule has 2 aromatic carbocycles. The van der Waals surface area contributed by atoms with Crippen molar-refractivity contribution in [1.82, 2.24) is 25.1 Å². The second kappa shape index (κ2) is 6.36. The molecule has 0 radical (unpaired) electrons. The second-order valence-electron chi connectivity index (χ2n) is 5.91. The first-order valence-corrected chi connectivity index (χ1v) is 9.02. The quantitative estimate of drug-likeness (QED) is 0.586. The van der Waals surface area contributed by atoms with Crippen LogP contribution < -0.4 is 14.8 Å². The number of nitrogens with zero attached hydrogens (tertiary/aromatic N) is 4. The number of rotatable bonds is 4. The van der Waals surface area contributed by atoms with Crippen LogP contribution in [0.2, 0.25) is 0 Å². The van der Waals surface area contributed by atoms with Crippen molar-refractivity contribution in [3.8, 4) is 22.1 Å². The number of amides is 1. The van der Waals surface area contributed by atoms with Gasteiger partial charge in [0.2, 0.25) is 11.8 Å². The molecule has 4 aromatic rings. The average Bonchev–Trinajstić information content (AvgIpc) is 3.41. The van der Waals surface area contributed by atoms with Crippen molar-refractivity contribution in [3.05, 3.63) is 59.9 Å². The summed E-state index contributed by atoms with van der Waals surface area (Å²) >= 11 is 1.47. The van der Waals surface area contributed by atoms with Gasteiger partial charge in [-0.3, -0.25) is 4.79 Å². The molecule has 8 nitrogen and oxygen atoms in total. The molecule has 2 aromatic heterocycles. The fourth-order valence-corrected chi connectivity index (χ4v) is 3.59. The first-order valence-electron chi connectivity index (χ1n) is 8.20. The molecule has 0 saturated heterocycles. The van der Waals surface area contributed by atoms with Gasteiger partial charge in [-0.2, -0.15) is 9.61 Å². The highest BCUT2D eigenvalue weighted by molar-refractivity contribution is 7.19. The highest BCUT2D eigenvalue weighted by atomic mass is 32.1. The molecule has 134 valence electrons. The van der Waals surface area contributed by atoms with Gasteiger partial charge in [0.1, 0.15) is 11.3 Å². The van der Waals surface area contributed by atoms with Gasteiger partial charge >= 0.3 is 0 Å². The summed E-state index contributed by atoms with van der Waals surface area (Å²) in [6.45, 7) is 0.618. The third-order valence-electron chi connectivity index (χ3n) is 4.18. The fraction of sp³-hybridized carbons (Fsp3) is 0.111. The van der Waals surface area contributed by atoms with E-state index in [-0.39, 0.29) is 12.7 Å². The summed E-state index contributed by atoms with van der Waals surface area (Å²) in [6, 6.07) is 13.1. The number of benzene rings is 2. The Labute approximate surface area is 157 Å². The first-order chi connectivity index (χ1) is 13.3. The van der Waals surface area contributed by atoms with Crippen molar-refractivity contribution in [1.29, 1.82) is 0 Å². The van der Waals surface area contributed by atoms with Crippen molar-refractivity contribution in [2.45, 2.75) is 6.54 Å². The Morgan fingerprint density at radius 2 is 2.00 bits per heavy atom. The third kappa shape index (κ3) is 2.97. The smallest absolute Gasteiger partial charge is 0.251 e. The van der Waals surface area contributed by atoms with E-state index in [4.69, 9.17) is 9.47 Å². The van der Waals surface area contributed by atoms with Gasteiger partial charge in [0, 0.05) is 17.7 Å². The van der Waals surface area contributed by atoms with Gasteiger partial charge in [0.25, 0.3) is 5.91 Å². The van der Waals surface area contributed by atoms with E-state index in [0.717, 1.165) is 21.1 Å². The van der Waals surface area contributed by atoms with Crippen LogP contribution in [0.25, 0.3) is 15.5 Å². The SMILES string of the molecule is O=C(NCc1ccc(-c2nn3cnnc3s2)cc1)c1ccc2c(c1)OCO2. The van der Waals surface area contributed by atoms with Crippen LogP contribution in [0.1, 0.15) is 15.9 Å². The van der Waals surface area contributed by atoms with Crippen LogP contribution in [0.15, 0.2) is 48.8 Å². The summed E-state index contributed by atoms with van der Waals surface area (Å²) in [5.41, 5.74) is 2.53. The summed E-state index contributed by atoms with van der Waals surface area (Å²) < 4.78 is 12.2. The van der Waals surface area contributed by atoms with E-state index in [2.05, 4.69) is 20.6 Å². The summed E-state index contributed by atoms with van der Waals surface area (Å²) in [5.74, 6) is 1.09. The van der Waals surface area contributed by atoms with Gasteiger partial charge in [0.15, 0.2) is 11.5 Å². The van der Waals surface area contributed by atoms with Crippen molar-refractivity contribution in [2.24, 2.45) is 0 Å². The van der Waals surface area contributed by atoms with Crippen LogP contribution in [0, 0.1) is 0 Å². The van der Waals surface area contributed by atoms with Crippen LogP contribution in [0.4, 0.5) is 0 Å². The molecule has 1 amide bonds. The van der Waals surface area contributed by atoms with Crippen molar-refractivity contribution in [2.75, 3.05) is 6.79 Å². The summed E-state index contributed by atoms with van der Waals surface area (Å²) in [6.07, 6.45) is 1.58. The van der Waals surface area contributed by atoms with E-state index in [9.17, 15) is 4.79 Å². The van der Waals surface area contributed by atoms with Gasteiger partial charge < -0.3 is 14.8 Å². The lowest BCUT2D eigenvalue weighted by atomic mass is 10.1. The standard InChI is InChI=1S/C18H13N5O3S/c24-16(13-5-6-14-15(7-13)26-10-25-14)19-8-11-1-3-12(4-2-11)17-22-23-9-20-21-18(23)27-17/h1-7,9H,8,10H2,(H,19,24). The molecule has 0 bridgehead atoms. The maximum atomic E-state index is 12.3. The second-order valence-corrected chi connectivity index (χ2v) is 6.87. The number of ether oxygens (including phenoxy) is 2. The fourth-order valence-electron chi connectivity index (χ4n) is 2.76. The minimum absolute atomic E-state index is 0.161. The van der Waals surface area contributed by atoms with Gasteiger partial charge in [-0.1, -0.05) is 35.6 Å². The predicted octanol–water partition coefficient (Wildman–Crippen LogP) is 2.51. The summed E-state index contributed by atoms with van der Waals surface area (Å²) in [4.78, 5) is 13.1. The number of hydrogen-bond donors (Lipinski definition) is 1. The average molecular weight is 379 g/mol. The van der Waals surface area contributed by atoms with E-state index < -0.39 is 0 Å². The number of hydrogen-bond acceptors (Lipinski definition) is 7. The van der Waals surface area contributed by atoms with Crippen LogP contribution in [-0.2, 0) is 6.54 Å². The van der Waals surface area contributed by atoms with Crippen molar-refractivity contribution < 1.29 is 14.3 Å². The number of fused-ring (bicyclic) bond motifs is 2. The van der Waals surface area contributed by atoms with E-state index >= 15 is 0 Å². The molecular formula is C18H13N5O3S. The lowest BCUT2D eigenvalue weighted by Gasteiger charge is -2.07.